The van der Waals surface area contributed by atoms with Crippen molar-refractivity contribution in [3.63, 3.8) is 0 Å². The lowest BCUT2D eigenvalue weighted by atomic mass is 10.4. The number of nitrogen functional groups attached to an aromatic ring is 1. The fraction of sp³-hybridized carbons (Fsp3) is 0.400. The maximum absolute atomic E-state index is 5.67. The predicted octanol–water partition coefficient (Wildman–Crippen LogP) is 0.243. The molecule has 0 aliphatic carbocycles. The molecule has 0 unspecified atom stereocenters. The Balaban J connectivity index is 1.92. The van der Waals surface area contributed by atoms with Gasteiger partial charge >= 0.3 is 0 Å². The second kappa shape index (κ2) is 5.92. The van der Waals surface area contributed by atoms with E-state index in [0.717, 1.165) is 0 Å². The average Bonchev–Trinajstić information content (AvgIpc) is 2.82. The van der Waals surface area contributed by atoms with Crippen LogP contribution in [0.5, 0.6) is 0 Å². The quantitative estimate of drug-likeness (QED) is 0.749. The van der Waals surface area contributed by atoms with Crippen LogP contribution in [0.1, 0.15) is 11.6 Å². The van der Waals surface area contributed by atoms with Crippen molar-refractivity contribution in [3.8, 4) is 0 Å². The summed E-state index contributed by atoms with van der Waals surface area (Å²) in [6, 6.07) is 1.66. The fourth-order valence-electron chi connectivity index (χ4n) is 1.41. The van der Waals surface area contributed by atoms with E-state index in [0.29, 0.717) is 42.9 Å². The summed E-state index contributed by atoms with van der Waals surface area (Å²) >= 11 is 0. The number of methoxy groups -OCH3 is 1. The molecular weight excluding hydrogens is 236 g/mol. The Morgan fingerprint density at radius 1 is 1.39 bits per heavy atom. The van der Waals surface area contributed by atoms with Crippen molar-refractivity contribution >= 4 is 11.6 Å². The molecule has 2 aromatic heterocycles. The van der Waals surface area contributed by atoms with Gasteiger partial charge < -0.3 is 20.3 Å². The van der Waals surface area contributed by atoms with Gasteiger partial charge in [-0.3, -0.25) is 0 Å². The van der Waals surface area contributed by atoms with E-state index in [2.05, 4.69) is 29.9 Å². The number of hydrogen-bond acceptors (Lipinski definition) is 8. The zero-order chi connectivity index (χ0) is 12.8. The van der Waals surface area contributed by atoms with E-state index in [4.69, 9.17) is 10.5 Å². The van der Waals surface area contributed by atoms with E-state index in [1.807, 2.05) is 0 Å². The molecule has 0 amide bonds. The fourth-order valence-corrected chi connectivity index (χ4v) is 1.41. The topological polar surface area (TPSA) is 112 Å². The minimum absolute atomic E-state index is 0.324. The molecule has 8 nitrogen and oxygen atoms in total. The van der Waals surface area contributed by atoms with E-state index in [1.165, 1.54) is 6.39 Å². The Labute approximate surface area is 104 Å². The second-order valence-electron chi connectivity index (χ2n) is 3.55. The van der Waals surface area contributed by atoms with Gasteiger partial charge in [-0.1, -0.05) is 5.16 Å². The lowest BCUT2D eigenvalue weighted by molar-refractivity contribution is 0.178. The molecule has 2 rings (SSSR count). The summed E-state index contributed by atoms with van der Waals surface area (Å²) in [5, 5.41) is 6.82. The standard InChI is InChI=1S/C10H14N6O2/c1-17-5-10-14-7(11)4-9(15-10)12-3-2-8-13-6-18-16-8/h4,6H,2-3,5H2,1H3,(H3,11,12,14,15). The zero-order valence-electron chi connectivity index (χ0n) is 9.96. The summed E-state index contributed by atoms with van der Waals surface area (Å²) in [6.45, 7) is 0.951. The van der Waals surface area contributed by atoms with Gasteiger partial charge in [-0.25, -0.2) is 9.97 Å². The first kappa shape index (κ1) is 12.2. The maximum Gasteiger partial charge on any atom is 0.213 e. The highest BCUT2D eigenvalue weighted by Crippen LogP contribution is 2.08. The van der Waals surface area contributed by atoms with Gasteiger partial charge in [0.15, 0.2) is 11.6 Å². The van der Waals surface area contributed by atoms with Crippen LogP contribution in [0.25, 0.3) is 0 Å². The number of rotatable bonds is 6. The van der Waals surface area contributed by atoms with E-state index in [1.54, 1.807) is 13.2 Å². The number of nitrogens with one attached hydrogen (secondary N) is 1. The molecule has 0 aromatic carbocycles. The highest BCUT2D eigenvalue weighted by Gasteiger charge is 2.03. The molecule has 0 fully saturated rings. The summed E-state index contributed by atoms with van der Waals surface area (Å²) in [5.41, 5.74) is 5.67. The molecule has 0 aliphatic heterocycles. The lowest BCUT2D eigenvalue weighted by Crippen LogP contribution is -2.10. The largest absolute Gasteiger partial charge is 0.384 e. The predicted molar refractivity (Wildman–Crippen MR) is 63.6 cm³/mol. The number of ether oxygens (including phenoxy) is 1. The molecule has 0 radical (unpaired) electrons. The average molecular weight is 250 g/mol. The van der Waals surface area contributed by atoms with Crippen LogP contribution in [0.15, 0.2) is 17.0 Å². The minimum Gasteiger partial charge on any atom is -0.384 e. The van der Waals surface area contributed by atoms with Crippen LogP contribution in [-0.4, -0.2) is 33.8 Å². The van der Waals surface area contributed by atoms with Gasteiger partial charge in [-0.05, 0) is 0 Å². The van der Waals surface area contributed by atoms with E-state index >= 15 is 0 Å². The molecule has 0 saturated heterocycles. The molecule has 96 valence electrons. The summed E-state index contributed by atoms with van der Waals surface area (Å²) < 4.78 is 9.60. The number of nitrogens with two attached hydrogens (primary N) is 1. The summed E-state index contributed by atoms with van der Waals surface area (Å²) in [6.07, 6.45) is 1.94. The number of anilines is 2. The van der Waals surface area contributed by atoms with Crippen molar-refractivity contribution in [2.45, 2.75) is 13.0 Å². The second-order valence-corrected chi connectivity index (χ2v) is 3.55. The Kier molecular flexibility index (Phi) is 4.02. The Bertz CT molecular complexity index is 487. The summed E-state index contributed by atoms with van der Waals surface area (Å²) in [7, 11) is 1.58. The molecule has 18 heavy (non-hydrogen) atoms. The van der Waals surface area contributed by atoms with Crippen LogP contribution in [-0.2, 0) is 17.8 Å². The number of hydrogen-bond donors (Lipinski definition) is 2. The summed E-state index contributed by atoms with van der Waals surface area (Å²) in [4.78, 5) is 12.2. The van der Waals surface area contributed by atoms with Gasteiger partial charge in [0.1, 0.15) is 18.2 Å². The Morgan fingerprint density at radius 3 is 3.00 bits per heavy atom. The zero-order valence-corrected chi connectivity index (χ0v) is 9.96. The third kappa shape index (κ3) is 3.39. The SMILES string of the molecule is COCc1nc(N)cc(NCCc2ncon2)n1. The van der Waals surface area contributed by atoms with Gasteiger partial charge in [-0.2, -0.15) is 4.98 Å². The van der Waals surface area contributed by atoms with E-state index in [9.17, 15) is 0 Å². The molecule has 0 saturated carbocycles. The van der Waals surface area contributed by atoms with E-state index in [-0.39, 0.29) is 0 Å². The first-order valence-corrected chi connectivity index (χ1v) is 5.39. The number of aromatic nitrogens is 4. The van der Waals surface area contributed by atoms with E-state index < -0.39 is 0 Å². The van der Waals surface area contributed by atoms with Crippen molar-refractivity contribution in [2.75, 3.05) is 24.7 Å². The third-order valence-corrected chi connectivity index (χ3v) is 2.13. The smallest absolute Gasteiger partial charge is 0.213 e. The summed E-state index contributed by atoms with van der Waals surface area (Å²) in [5.74, 6) is 2.23. The van der Waals surface area contributed by atoms with Crippen molar-refractivity contribution in [1.29, 1.82) is 0 Å². The van der Waals surface area contributed by atoms with Crippen LogP contribution in [0.2, 0.25) is 0 Å². The molecule has 0 atom stereocenters. The van der Waals surface area contributed by atoms with Crippen LogP contribution in [0, 0.1) is 0 Å². The van der Waals surface area contributed by atoms with Crippen LogP contribution in [0.3, 0.4) is 0 Å². The van der Waals surface area contributed by atoms with Gasteiger partial charge in [0, 0.05) is 26.1 Å². The first-order chi connectivity index (χ1) is 8.78. The third-order valence-electron chi connectivity index (χ3n) is 2.13. The van der Waals surface area contributed by atoms with Gasteiger partial charge in [-0.15, -0.1) is 0 Å². The van der Waals surface area contributed by atoms with Crippen molar-refractivity contribution in [1.82, 2.24) is 20.1 Å². The molecular formula is C10H14N6O2. The maximum atomic E-state index is 5.67. The molecule has 0 bridgehead atoms. The lowest BCUT2D eigenvalue weighted by Gasteiger charge is -2.06. The van der Waals surface area contributed by atoms with Crippen molar-refractivity contribution in [2.24, 2.45) is 0 Å². The number of nitrogens with zero attached hydrogens (tertiary/aromatic N) is 4. The minimum atomic E-state index is 0.324. The molecule has 8 heteroatoms. The van der Waals surface area contributed by atoms with Crippen molar-refractivity contribution < 1.29 is 9.26 Å². The highest BCUT2D eigenvalue weighted by molar-refractivity contribution is 5.44. The molecule has 0 aliphatic rings. The van der Waals surface area contributed by atoms with Crippen LogP contribution >= 0.6 is 0 Å². The first-order valence-electron chi connectivity index (χ1n) is 5.39. The van der Waals surface area contributed by atoms with Crippen molar-refractivity contribution in [3.05, 3.63) is 24.1 Å². The molecule has 2 heterocycles. The van der Waals surface area contributed by atoms with Gasteiger partial charge in [0.05, 0.1) is 0 Å². The normalized spacial score (nSPS) is 10.5. The van der Waals surface area contributed by atoms with Gasteiger partial charge in [0.2, 0.25) is 6.39 Å². The molecule has 3 N–H and O–H groups in total. The Hall–Kier alpha value is -2.22. The highest BCUT2D eigenvalue weighted by atomic mass is 16.5. The van der Waals surface area contributed by atoms with Crippen LogP contribution < -0.4 is 11.1 Å². The molecule has 0 spiro atoms. The van der Waals surface area contributed by atoms with Crippen LogP contribution in [0.4, 0.5) is 11.6 Å². The Morgan fingerprint density at radius 2 is 2.28 bits per heavy atom. The molecule has 2 aromatic rings. The monoisotopic (exact) mass is 250 g/mol. The van der Waals surface area contributed by atoms with Gasteiger partial charge in [0.25, 0.3) is 0 Å².